The Morgan fingerprint density at radius 1 is 1.24 bits per heavy atom. The number of aromatic carboxylic acids is 1. The van der Waals surface area contributed by atoms with Crippen molar-refractivity contribution < 1.29 is 23.1 Å². The maximum atomic E-state index is 14.1. The fraction of sp³-hybridized carbons (Fsp3) is 0.286. The number of fused-ring (bicyclic) bond motifs is 1. The second-order valence-corrected chi connectivity index (χ2v) is 5.11. The molecule has 1 heterocycles. The van der Waals surface area contributed by atoms with Gasteiger partial charge in [0.2, 0.25) is 5.43 Å². The number of pyridine rings is 1. The van der Waals surface area contributed by atoms with Crippen molar-refractivity contribution in [1.29, 1.82) is 0 Å². The van der Waals surface area contributed by atoms with Crippen molar-refractivity contribution in [3.8, 4) is 0 Å². The quantitative estimate of drug-likeness (QED) is 0.867. The lowest BCUT2D eigenvalue weighted by atomic mass is 10.0. The van der Waals surface area contributed by atoms with Crippen molar-refractivity contribution in [2.45, 2.75) is 25.8 Å². The molecule has 0 radical (unpaired) electrons. The largest absolute Gasteiger partial charge is 0.477 e. The summed E-state index contributed by atoms with van der Waals surface area (Å²) in [5, 5.41) is 8.64. The lowest BCUT2D eigenvalue weighted by molar-refractivity contribution is 0.0695. The Morgan fingerprint density at radius 2 is 1.86 bits per heavy atom. The number of halogens is 3. The third kappa shape index (κ3) is 1.84. The first-order chi connectivity index (χ1) is 9.84. The van der Waals surface area contributed by atoms with Gasteiger partial charge in [-0.1, -0.05) is 0 Å². The van der Waals surface area contributed by atoms with Crippen LogP contribution in [0.2, 0.25) is 0 Å². The van der Waals surface area contributed by atoms with E-state index in [0.29, 0.717) is 12.8 Å². The molecule has 1 aliphatic carbocycles. The fourth-order valence-electron chi connectivity index (χ4n) is 2.47. The molecule has 0 aliphatic heterocycles. The predicted octanol–water partition coefficient (Wildman–Crippen LogP) is 2.76. The lowest BCUT2D eigenvalue weighted by Crippen LogP contribution is -2.21. The molecule has 1 N–H and O–H groups in total. The van der Waals surface area contributed by atoms with Crippen molar-refractivity contribution in [1.82, 2.24) is 4.57 Å². The number of nitrogens with zero attached hydrogens (tertiary/aromatic N) is 1. The van der Waals surface area contributed by atoms with Crippen molar-refractivity contribution in [3.63, 3.8) is 0 Å². The summed E-state index contributed by atoms with van der Waals surface area (Å²) in [5.41, 5.74) is -2.34. The van der Waals surface area contributed by atoms with E-state index in [9.17, 15) is 22.8 Å². The zero-order chi connectivity index (χ0) is 15.5. The molecule has 3 rings (SSSR count). The molecule has 0 saturated heterocycles. The molecule has 0 spiro atoms. The van der Waals surface area contributed by atoms with Gasteiger partial charge in [0.05, 0.1) is 10.9 Å². The molecule has 2 aromatic rings. The Kier molecular flexibility index (Phi) is 2.82. The summed E-state index contributed by atoms with van der Waals surface area (Å²) >= 11 is 0. The maximum Gasteiger partial charge on any atom is 0.341 e. The van der Waals surface area contributed by atoms with Crippen molar-refractivity contribution in [2.75, 3.05) is 0 Å². The van der Waals surface area contributed by atoms with Crippen LogP contribution in [0.3, 0.4) is 0 Å². The first-order valence-corrected chi connectivity index (χ1v) is 6.29. The molecule has 1 aromatic heterocycles. The van der Waals surface area contributed by atoms with Gasteiger partial charge in [-0.05, 0) is 19.8 Å². The van der Waals surface area contributed by atoms with E-state index >= 15 is 0 Å². The Labute approximate surface area is 116 Å². The molecule has 1 saturated carbocycles. The van der Waals surface area contributed by atoms with Crippen molar-refractivity contribution >= 4 is 16.9 Å². The topological polar surface area (TPSA) is 59.3 Å². The minimum atomic E-state index is -1.66. The number of aryl methyl sites for hydroxylation is 1. The highest BCUT2D eigenvalue weighted by Crippen LogP contribution is 2.38. The molecule has 110 valence electrons. The van der Waals surface area contributed by atoms with Gasteiger partial charge in [-0.2, -0.15) is 0 Å². The van der Waals surface area contributed by atoms with E-state index in [2.05, 4.69) is 0 Å². The van der Waals surface area contributed by atoms with Gasteiger partial charge in [-0.15, -0.1) is 0 Å². The summed E-state index contributed by atoms with van der Waals surface area (Å²) in [4.78, 5) is 23.3. The Bertz CT molecular complexity index is 853. The Morgan fingerprint density at radius 3 is 2.38 bits per heavy atom. The lowest BCUT2D eigenvalue weighted by Gasteiger charge is -2.14. The molecule has 7 heteroatoms. The van der Waals surface area contributed by atoms with Crippen LogP contribution in [0, 0.1) is 24.4 Å². The van der Waals surface area contributed by atoms with Crippen molar-refractivity contribution in [3.05, 3.63) is 45.0 Å². The third-order valence-electron chi connectivity index (χ3n) is 3.70. The van der Waals surface area contributed by atoms with E-state index < -0.39 is 39.8 Å². The molecule has 0 atom stereocenters. The summed E-state index contributed by atoms with van der Waals surface area (Å²) in [6, 6.07) is -0.204. The van der Waals surface area contributed by atoms with Gasteiger partial charge in [0.1, 0.15) is 5.56 Å². The Balaban J connectivity index is 2.59. The maximum absolute atomic E-state index is 14.1. The van der Waals surface area contributed by atoms with Crippen LogP contribution in [0.4, 0.5) is 13.2 Å². The molecular formula is C14H10F3NO3. The number of benzene rings is 1. The minimum absolute atomic E-state index is 0.204. The number of rotatable bonds is 2. The molecule has 0 bridgehead atoms. The number of carbonyl (C=O) groups is 1. The molecule has 21 heavy (non-hydrogen) atoms. The molecule has 0 amide bonds. The number of carboxylic acids is 1. The van der Waals surface area contributed by atoms with Crippen LogP contribution in [0.15, 0.2) is 11.0 Å². The molecule has 4 nitrogen and oxygen atoms in total. The van der Waals surface area contributed by atoms with Gasteiger partial charge < -0.3 is 9.67 Å². The number of hydrogen-bond donors (Lipinski definition) is 1. The van der Waals surface area contributed by atoms with Gasteiger partial charge in [-0.25, -0.2) is 18.0 Å². The average molecular weight is 297 g/mol. The Hall–Kier alpha value is -2.31. The van der Waals surface area contributed by atoms with E-state index in [0.717, 1.165) is 13.1 Å². The van der Waals surface area contributed by atoms with Gasteiger partial charge in [0.25, 0.3) is 0 Å². The average Bonchev–Trinajstić information content (AvgIpc) is 3.26. The van der Waals surface area contributed by atoms with E-state index in [4.69, 9.17) is 5.11 Å². The second kappa shape index (κ2) is 4.34. The molecule has 0 unspecified atom stereocenters. The van der Waals surface area contributed by atoms with Crippen LogP contribution in [0.5, 0.6) is 0 Å². The third-order valence-corrected chi connectivity index (χ3v) is 3.70. The van der Waals surface area contributed by atoms with E-state index in [1.165, 1.54) is 4.57 Å². The standard InChI is InChI=1S/C14H10F3NO3/c1-5-8-12(11(17)10(16)9(5)15)18(6-2-3-6)4-7(13(8)19)14(20)21/h4,6H,2-3H2,1H3,(H,20,21). The van der Waals surface area contributed by atoms with Crippen molar-refractivity contribution in [2.24, 2.45) is 0 Å². The summed E-state index contributed by atoms with van der Waals surface area (Å²) in [6.07, 6.45) is 2.33. The van der Waals surface area contributed by atoms with Crippen LogP contribution in [-0.4, -0.2) is 15.6 Å². The predicted molar refractivity (Wildman–Crippen MR) is 68.0 cm³/mol. The number of hydrogen-bond acceptors (Lipinski definition) is 2. The SMILES string of the molecule is Cc1c(F)c(F)c(F)c2c1c(=O)c(C(=O)O)cn2C1CC1. The molecular weight excluding hydrogens is 287 g/mol. The van der Waals surface area contributed by atoms with Gasteiger partial charge in [-0.3, -0.25) is 4.79 Å². The smallest absolute Gasteiger partial charge is 0.341 e. The summed E-state index contributed by atoms with van der Waals surface area (Å²) in [5.74, 6) is -6.08. The first kappa shape index (κ1) is 13.7. The molecule has 1 aromatic carbocycles. The first-order valence-electron chi connectivity index (χ1n) is 6.29. The molecule has 1 fully saturated rings. The fourth-order valence-corrected chi connectivity index (χ4v) is 2.47. The minimum Gasteiger partial charge on any atom is -0.477 e. The van der Waals surface area contributed by atoms with E-state index in [1.807, 2.05) is 0 Å². The highest BCUT2D eigenvalue weighted by atomic mass is 19.2. The number of carboxylic acid groups (broad SMARTS) is 1. The monoisotopic (exact) mass is 297 g/mol. The van der Waals surface area contributed by atoms with Gasteiger partial charge >= 0.3 is 5.97 Å². The highest BCUT2D eigenvalue weighted by molar-refractivity contribution is 5.94. The zero-order valence-corrected chi connectivity index (χ0v) is 10.9. The summed E-state index contributed by atoms with van der Waals surface area (Å²) in [6.45, 7) is 1.13. The second-order valence-electron chi connectivity index (χ2n) is 5.11. The van der Waals surface area contributed by atoms with Crippen LogP contribution in [-0.2, 0) is 0 Å². The van der Waals surface area contributed by atoms with E-state index in [1.54, 1.807) is 0 Å². The van der Waals surface area contributed by atoms with Crippen LogP contribution < -0.4 is 5.43 Å². The normalized spacial score (nSPS) is 14.7. The highest BCUT2D eigenvalue weighted by Gasteiger charge is 2.31. The van der Waals surface area contributed by atoms with Gasteiger partial charge in [0, 0.05) is 17.8 Å². The van der Waals surface area contributed by atoms with Crippen LogP contribution >= 0.6 is 0 Å². The van der Waals surface area contributed by atoms with Crippen LogP contribution in [0.1, 0.15) is 34.8 Å². The zero-order valence-electron chi connectivity index (χ0n) is 10.9. The van der Waals surface area contributed by atoms with Gasteiger partial charge in [0.15, 0.2) is 17.5 Å². The summed E-state index contributed by atoms with van der Waals surface area (Å²) in [7, 11) is 0. The summed E-state index contributed by atoms with van der Waals surface area (Å²) < 4.78 is 42.6. The molecule has 1 aliphatic rings. The number of aromatic nitrogens is 1. The van der Waals surface area contributed by atoms with Crippen LogP contribution in [0.25, 0.3) is 10.9 Å². The van der Waals surface area contributed by atoms with E-state index in [-0.39, 0.29) is 17.1 Å².